The van der Waals surface area contributed by atoms with Gasteiger partial charge in [0.1, 0.15) is 24.2 Å². The molecule has 0 radical (unpaired) electrons. The lowest BCUT2D eigenvalue weighted by molar-refractivity contribution is -0.145. The van der Waals surface area contributed by atoms with Crippen molar-refractivity contribution < 1.29 is 48.3 Å². The van der Waals surface area contributed by atoms with Crippen molar-refractivity contribution in [3.05, 3.63) is 71.9 Å². The number of imide groups is 1. The summed E-state index contributed by atoms with van der Waals surface area (Å²) in [5.74, 6) is -6.23. The number of rotatable bonds is 27. The molecule has 0 aliphatic carbocycles. The number of carbonyl (C=O) groups excluding carboxylic acids is 8. The van der Waals surface area contributed by atoms with E-state index in [-0.39, 0.29) is 56.4 Å². The van der Waals surface area contributed by atoms with Gasteiger partial charge in [-0.3, -0.25) is 43.3 Å². The van der Waals surface area contributed by atoms with Gasteiger partial charge < -0.3 is 53.0 Å². The van der Waals surface area contributed by atoms with Crippen LogP contribution in [0.2, 0.25) is 0 Å². The second-order valence-electron chi connectivity index (χ2n) is 16.9. The van der Waals surface area contributed by atoms with Gasteiger partial charge in [0.05, 0.1) is 24.8 Å². The molecule has 11 N–H and O–H groups in total. The molecular formula is C46H66N10O10S. The smallest absolute Gasteiger partial charge is 0.324 e. The second-order valence-corrected chi connectivity index (χ2v) is 18.0. The first kappa shape index (κ1) is 54.9. The van der Waals surface area contributed by atoms with Gasteiger partial charge in [0.2, 0.25) is 35.4 Å². The van der Waals surface area contributed by atoms with Crippen LogP contribution in [0.3, 0.4) is 0 Å². The van der Waals surface area contributed by atoms with Gasteiger partial charge in [-0.25, -0.2) is 4.79 Å². The second kappa shape index (κ2) is 27.2. The lowest BCUT2D eigenvalue weighted by Crippen LogP contribution is -2.60. The van der Waals surface area contributed by atoms with Crippen LogP contribution >= 0.6 is 11.8 Å². The van der Waals surface area contributed by atoms with Gasteiger partial charge in [0.25, 0.3) is 5.91 Å². The normalized spacial score (nSPS) is 13.4. The number of hydrogen-bond acceptors (Lipinski definition) is 11. The number of hydrogen-bond donors (Lipinski definition) is 9. The third kappa shape index (κ3) is 17.7. The van der Waals surface area contributed by atoms with Crippen LogP contribution in [0.1, 0.15) is 65.0 Å². The molecule has 0 fully saturated rings. The van der Waals surface area contributed by atoms with Crippen molar-refractivity contribution in [2.24, 2.45) is 23.3 Å². The molecule has 3 aromatic rings. The topological polar surface area (TPSA) is 308 Å². The fourth-order valence-electron chi connectivity index (χ4n) is 7.02. The first-order valence-corrected chi connectivity index (χ1v) is 23.3. The lowest BCUT2D eigenvalue weighted by Gasteiger charge is -2.32. The number of primary amides is 1. The number of thioether (sulfide) groups is 1. The van der Waals surface area contributed by atoms with Crippen LogP contribution in [0.15, 0.2) is 60.8 Å². The molecule has 20 nitrogen and oxygen atoms in total. The minimum absolute atomic E-state index is 0.00210. The number of benzene rings is 2. The number of likely N-dealkylation sites (N-methyl/N-ethyl adjacent to an activating group) is 1. The summed E-state index contributed by atoms with van der Waals surface area (Å²) in [4.78, 5) is 125. The molecule has 3 rings (SSSR count). The first-order chi connectivity index (χ1) is 31.7. The van der Waals surface area contributed by atoms with Crippen molar-refractivity contribution in [2.45, 2.75) is 96.9 Å². The van der Waals surface area contributed by atoms with E-state index in [2.05, 4.69) is 31.6 Å². The van der Waals surface area contributed by atoms with Gasteiger partial charge in [-0.15, -0.1) is 0 Å². The van der Waals surface area contributed by atoms with Crippen LogP contribution in [0.5, 0.6) is 0 Å². The Bertz CT molecular complexity index is 2190. The van der Waals surface area contributed by atoms with Gasteiger partial charge in [-0.05, 0) is 41.9 Å². The van der Waals surface area contributed by atoms with E-state index in [9.17, 15) is 48.3 Å². The summed E-state index contributed by atoms with van der Waals surface area (Å²) in [6, 6.07) is 8.52. The predicted octanol–water partition coefficient (Wildman–Crippen LogP) is 1.02. The summed E-state index contributed by atoms with van der Waals surface area (Å²) in [7, 11) is 1.39. The van der Waals surface area contributed by atoms with E-state index < -0.39 is 96.5 Å². The van der Waals surface area contributed by atoms with E-state index in [0.717, 1.165) is 15.8 Å². The fourth-order valence-corrected chi connectivity index (χ4v) is 7.61. The van der Waals surface area contributed by atoms with Gasteiger partial charge in [0, 0.05) is 55.8 Å². The zero-order chi connectivity index (χ0) is 49.8. The van der Waals surface area contributed by atoms with Crippen molar-refractivity contribution in [1.82, 2.24) is 41.4 Å². The van der Waals surface area contributed by atoms with E-state index >= 15 is 0 Å². The quantitative estimate of drug-likeness (QED) is 0.0484. The van der Waals surface area contributed by atoms with E-state index in [4.69, 9.17) is 11.5 Å². The molecule has 1 heterocycles. The Kier molecular flexibility index (Phi) is 22.3. The number of para-hydroxylation sites is 1. The van der Waals surface area contributed by atoms with Crippen LogP contribution in [0.4, 0.5) is 4.79 Å². The lowest BCUT2D eigenvalue weighted by atomic mass is 10.00. The highest BCUT2D eigenvalue weighted by molar-refractivity contribution is 7.99. The number of aliphatic carboxylic acids is 1. The summed E-state index contributed by atoms with van der Waals surface area (Å²) in [6.07, 6.45) is 1.06. The van der Waals surface area contributed by atoms with E-state index in [0.29, 0.717) is 21.8 Å². The van der Waals surface area contributed by atoms with Crippen molar-refractivity contribution in [2.75, 3.05) is 38.2 Å². The number of carboxylic acid groups (broad SMARTS) is 1. The number of nitrogens with zero attached hydrogens (tertiary/aromatic N) is 2. The number of carboxylic acids is 1. The SMILES string of the molecule is CCCN(C(=O)N[C@@H](Cc1c[nH]c2ccccc12)C(=O)NCC(=O)N[C@@H](CC(C)C)C(=O)NCCSCC(N)=O)C(=O)[C@H](CC(=O)O)NC(=O)[C@H](Cc1ccccc1)N(C)C(=O)[C@@H](N)C(C)C. The summed E-state index contributed by atoms with van der Waals surface area (Å²) in [5, 5.41) is 23.6. The number of aromatic amines is 1. The van der Waals surface area contributed by atoms with E-state index in [1.54, 1.807) is 69.4 Å². The number of aromatic nitrogens is 1. The first-order valence-electron chi connectivity index (χ1n) is 22.2. The number of amides is 9. The maximum atomic E-state index is 14.3. The zero-order valence-electron chi connectivity index (χ0n) is 39.0. The molecule has 1 aromatic heterocycles. The highest BCUT2D eigenvalue weighted by Crippen LogP contribution is 2.20. The third-order valence-corrected chi connectivity index (χ3v) is 11.6. The van der Waals surface area contributed by atoms with Crippen molar-refractivity contribution in [3.63, 3.8) is 0 Å². The summed E-state index contributed by atoms with van der Waals surface area (Å²) in [5.41, 5.74) is 13.3. The van der Waals surface area contributed by atoms with Crippen LogP contribution in [-0.2, 0) is 51.2 Å². The Morgan fingerprint density at radius 1 is 0.791 bits per heavy atom. The summed E-state index contributed by atoms with van der Waals surface area (Å²) in [6.45, 7) is 8.27. The Morgan fingerprint density at radius 3 is 2.07 bits per heavy atom. The number of nitrogens with one attached hydrogen (secondary N) is 6. The Morgan fingerprint density at radius 2 is 1.45 bits per heavy atom. The fraction of sp³-hybridized carbons (Fsp3) is 0.500. The Hall–Kier alpha value is -6.48. The Labute approximate surface area is 394 Å². The maximum absolute atomic E-state index is 14.3. The molecule has 0 bridgehead atoms. The molecule has 9 amide bonds. The molecule has 5 atom stereocenters. The van der Waals surface area contributed by atoms with Crippen LogP contribution in [0.25, 0.3) is 10.9 Å². The molecule has 21 heteroatoms. The van der Waals surface area contributed by atoms with Gasteiger partial charge in [-0.2, -0.15) is 11.8 Å². The molecule has 366 valence electrons. The molecule has 0 saturated carbocycles. The molecule has 2 aromatic carbocycles. The number of H-pyrrole nitrogens is 1. The van der Waals surface area contributed by atoms with E-state index in [1.165, 1.54) is 18.8 Å². The molecular weight excluding hydrogens is 885 g/mol. The monoisotopic (exact) mass is 950 g/mol. The third-order valence-electron chi connectivity index (χ3n) is 10.6. The highest BCUT2D eigenvalue weighted by atomic mass is 32.2. The molecule has 67 heavy (non-hydrogen) atoms. The minimum Gasteiger partial charge on any atom is -0.481 e. The minimum atomic E-state index is -1.79. The van der Waals surface area contributed by atoms with Crippen molar-refractivity contribution in [1.29, 1.82) is 0 Å². The average molecular weight is 951 g/mol. The number of nitrogens with two attached hydrogens (primary N) is 2. The summed E-state index contributed by atoms with van der Waals surface area (Å²) >= 11 is 1.24. The number of fused-ring (bicyclic) bond motifs is 1. The summed E-state index contributed by atoms with van der Waals surface area (Å²) < 4.78 is 0. The zero-order valence-corrected chi connectivity index (χ0v) is 39.8. The van der Waals surface area contributed by atoms with Gasteiger partial charge >= 0.3 is 12.0 Å². The molecule has 0 aliphatic heterocycles. The predicted molar refractivity (Wildman–Crippen MR) is 254 cm³/mol. The standard InChI is InChI=1S/C46H66N10O10S/c1-7-18-56(44(64)35(23-39(59)60)53-43(63)36(21-29-13-9-8-10-14-29)55(6)45(65)40(48)28(4)5)46(66)54-34(22-30-24-50-32-16-12-11-15-31(30)32)42(62)51-25-38(58)52-33(20-27(2)3)41(61)49-17-19-67-26-37(47)57/h8-16,24,27-28,33-36,40,50H,7,17-23,25-26,48H2,1-6H3,(H2,47,57)(H,49,61)(H,51,62)(H,52,58)(H,53,63)(H,54,66)(H,59,60)/t33-,34-,35-,36-,40-/m0/s1. The highest BCUT2D eigenvalue weighted by Gasteiger charge is 2.37. The number of carbonyl (C=O) groups is 9. The van der Waals surface area contributed by atoms with Crippen molar-refractivity contribution in [3.8, 4) is 0 Å². The largest absolute Gasteiger partial charge is 0.481 e. The Balaban J connectivity index is 1.88. The molecule has 0 unspecified atom stereocenters. The number of urea groups is 1. The van der Waals surface area contributed by atoms with Crippen LogP contribution in [0, 0.1) is 11.8 Å². The van der Waals surface area contributed by atoms with Crippen molar-refractivity contribution >= 4 is 76.0 Å². The molecule has 0 aliphatic rings. The van der Waals surface area contributed by atoms with Crippen LogP contribution in [-0.4, -0.2) is 142 Å². The van der Waals surface area contributed by atoms with Gasteiger partial charge in [-0.1, -0.05) is 83.1 Å². The maximum Gasteiger partial charge on any atom is 0.324 e. The van der Waals surface area contributed by atoms with E-state index in [1.807, 2.05) is 26.0 Å². The molecule has 0 saturated heterocycles. The molecule has 0 spiro atoms. The van der Waals surface area contributed by atoms with Crippen LogP contribution < -0.4 is 38.1 Å². The van der Waals surface area contributed by atoms with Gasteiger partial charge in [0.15, 0.2) is 0 Å². The average Bonchev–Trinajstić information content (AvgIpc) is 3.69.